The summed E-state index contributed by atoms with van der Waals surface area (Å²) in [5, 5.41) is 10.6. The first-order valence-electron chi connectivity index (χ1n) is 10.3. The summed E-state index contributed by atoms with van der Waals surface area (Å²) in [6, 6.07) is 14.0. The zero-order chi connectivity index (χ0) is 21.7. The summed E-state index contributed by atoms with van der Waals surface area (Å²) in [4.78, 5) is 2.24. The maximum absolute atomic E-state index is 10.6. The van der Waals surface area contributed by atoms with E-state index < -0.39 is 6.10 Å². The van der Waals surface area contributed by atoms with Crippen molar-refractivity contribution in [1.82, 2.24) is 4.90 Å². The van der Waals surface area contributed by atoms with Crippen LogP contribution < -0.4 is 9.47 Å². The SMILES string of the molecule is COc1ccc(OCC(O)CN2CCOC(c3cccc(Br)c3)C2)c(C(C)(C)C)c1. The number of rotatable bonds is 7. The lowest BCUT2D eigenvalue weighted by Gasteiger charge is -2.34. The Morgan fingerprint density at radius 1 is 1.23 bits per heavy atom. The van der Waals surface area contributed by atoms with E-state index >= 15 is 0 Å². The molecule has 0 amide bonds. The Morgan fingerprint density at radius 3 is 2.73 bits per heavy atom. The van der Waals surface area contributed by atoms with E-state index in [-0.39, 0.29) is 18.1 Å². The summed E-state index contributed by atoms with van der Waals surface area (Å²) in [6.07, 6.45) is -0.570. The molecule has 6 heteroatoms. The third-order valence-electron chi connectivity index (χ3n) is 5.27. The van der Waals surface area contributed by atoms with Crippen molar-refractivity contribution in [3.63, 3.8) is 0 Å². The molecule has 1 aliphatic heterocycles. The highest BCUT2D eigenvalue weighted by molar-refractivity contribution is 9.10. The normalized spacial score (nSPS) is 18.8. The average Bonchev–Trinajstić information content (AvgIpc) is 2.71. The van der Waals surface area contributed by atoms with Gasteiger partial charge in [-0.2, -0.15) is 0 Å². The number of halogens is 1. The van der Waals surface area contributed by atoms with Gasteiger partial charge in [-0.25, -0.2) is 0 Å². The van der Waals surface area contributed by atoms with E-state index in [1.54, 1.807) is 7.11 Å². The number of aliphatic hydroxyl groups is 1. The molecule has 0 aliphatic carbocycles. The molecule has 0 saturated carbocycles. The van der Waals surface area contributed by atoms with Crippen LogP contribution in [0.25, 0.3) is 0 Å². The van der Waals surface area contributed by atoms with Gasteiger partial charge in [-0.15, -0.1) is 0 Å². The van der Waals surface area contributed by atoms with Crippen molar-refractivity contribution in [2.75, 3.05) is 40.0 Å². The first-order chi connectivity index (χ1) is 14.3. The van der Waals surface area contributed by atoms with E-state index in [0.717, 1.165) is 40.2 Å². The van der Waals surface area contributed by atoms with Gasteiger partial charge in [0.1, 0.15) is 24.2 Å². The van der Waals surface area contributed by atoms with Crippen LogP contribution in [0.15, 0.2) is 46.9 Å². The Balaban J connectivity index is 1.58. The Kier molecular flexibility index (Phi) is 7.80. The fraction of sp³-hybridized carbons (Fsp3) is 0.500. The molecule has 2 unspecified atom stereocenters. The van der Waals surface area contributed by atoms with Gasteiger partial charge in [-0.05, 0) is 41.3 Å². The largest absolute Gasteiger partial charge is 0.497 e. The number of aliphatic hydroxyl groups excluding tert-OH is 1. The van der Waals surface area contributed by atoms with Crippen LogP contribution in [0, 0.1) is 0 Å². The van der Waals surface area contributed by atoms with Gasteiger partial charge in [0.15, 0.2) is 0 Å². The smallest absolute Gasteiger partial charge is 0.123 e. The number of β-amino-alcohol motifs (C(OH)–C–C–N with tert-alkyl or cyclic N) is 1. The summed E-state index contributed by atoms with van der Waals surface area (Å²) in [6.45, 7) is 9.42. The molecule has 1 saturated heterocycles. The highest BCUT2D eigenvalue weighted by atomic mass is 79.9. The zero-order valence-electron chi connectivity index (χ0n) is 18.2. The second-order valence-electron chi connectivity index (χ2n) is 8.75. The molecule has 30 heavy (non-hydrogen) atoms. The molecule has 5 nitrogen and oxygen atoms in total. The van der Waals surface area contributed by atoms with Crippen LogP contribution in [0.5, 0.6) is 11.5 Å². The maximum atomic E-state index is 10.6. The van der Waals surface area contributed by atoms with E-state index in [4.69, 9.17) is 14.2 Å². The molecule has 0 spiro atoms. The highest BCUT2D eigenvalue weighted by Gasteiger charge is 2.25. The number of hydrogen-bond donors (Lipinski definition) is 1. The molecule has 0 radical (unpaired) electrons. The van der Waals surface area contributed by atoms with E-state index in [1.165, 1.54) is 0 Å². The molecule has 1 N–H and O–H groups in total. The standard InChI is InChI=1S/C24H32BrNO4/c1-24(2,3)21-13-20(28-4)8-9-22(21)30-16-19(27)14-26-10-11-29-23(15-26)17-6-5-7-18(25)12-17/h5-9,12-13,19,23,27H,10-11,14-16H2,1-4H3. The molecule has 2 atom stereocenters. The molecule has 2 aromatic rings. The van der Waals surface area contributed by atoms with Crippen LogP contribution in [0.1, 0.15) is 38.0 Å². The Labute approximate surface area is 188 Å². The van der Waals surface area contributed by atoms with E-state index in [9.17, 15) is 5.11 Å². The first kappa shape index (κ1) is 23.1. The monoisotopic (exact) mass is 477 g/mol. The quantitative estimate of drug-likeness (QED) is 0.632. The fourth-order valence-electron chi connectivity index (χ4n) is 3.66. The number of hydrogen-bond acceptors (Lipinski definition) is 5. The van der Waals surface area contributed by atoms with Crippen molar-refractivity contribution >= 4 is 15.9 Å². The van der Waals surface area contributed by atoms with Crippen LogP contribution in [0.3, 0.4) is 0 Å². The lowest BCUT2D eigenvalue weighted by Crippen LogP contribution is -2.43. The third kappa shape index (κ3) is 6.20. The molecule has 1 fully saturated rings. The van der Waals surface area contributed by atoms with Gasteiger partial charge in [0, 0.05) is 29.7 Å². The number of nitrogens with zero attached hydrogens (tertiary/aromatic N) is 1. The van der Waals surface area contributed by atoms with Gasteiger partial charge in [0.2, 0.25) is 0 Å². The number of methoxy groups -OCH3 is 1. The van der Waals surface area contributed by atoms with Gasteiger partial charge in [0.05, 0.1) is 19.8 Å². The Bertz CT molecular complexity index is 836. The summed E-state index contributed by atoms with van der Waals surface area (Å²) >= 11 is 3.52. The van der Waals surface area contributed by atoms with Crippen molar-refractivity contribution in [2.24, 2.45) is 0 Å². The van der Waals surface area contributed by atoms with E-state index in [2.05, 4.69) is 53.7 Å². The molecule has 164 valence electrons. The van der Waals surface area contributed by atoms with Crippen LogP contribution in [0.4, 0.5) is 0 Å². The minimum atomic E-state index is -0.582. The van der Waals surface area contributed by atoms with Crippen LogP contribution >= 0.6 is 15.9 Å². The van der Waals surface area contributed by atoms with Gasteiger partial charge in [-0.1, -0.05) is 48.8 Å². The number of morpholine rings is 1. The topological polar surface area (TPSA) is 51.2 Å². The molecular formula is C24H32BrNO4. The average molecular weight is 478 g/mol. The third-order valence-corrected chi connectivity index (χ3v) is 5.76. The molecule has 3 rings (SSSR count). The molecule has 0 aromatic heterocycles. The second-order valence-corrected chi connectivity index (χ2v) is 9.67. The van der Waals surface area contributed by atoms with Crippen LogP contribution in [-0.2, 0) is 10.2 Å². The predicted octanol–water partition coefficient (Wildman–Crippen LogP) is 4.57. The number of ether oxygens (including phenoxy) is 3. The predicted molar refractivity (Wildman–Crippen MR) is 122 cm³/mol. The zero-order valence-corrected chi connectivity index (χ0v) is 19.8. The van der Waals surface area contributed by atoms with Gasteiger partial charge in [0.25, 0.3) is 0 Å². The van der Waals surface area contributed by atoms with Gasteiger partial charge >= 0.3 is 0 Å². The first-order valence-corrected chi connectivity index (χ1v) is 11.1. The fourth-order valence-corrected chi connectivity index (χ4v) is 4.08. The Morgan fingerprint density at radius 2 is 2.03 bits per heavy atom. The maximum Gasteiger partial charge on any atom is 0.123 e. The molecule has 1 heterocycles. The van der Waals surface area contributed by atoms with Crippen molar-refractivity contribution in [2.45, 2.75) is 38.4 Å². The molecule has 1 aliphatic rings. The van der Waals surface area contributed by atoms with Crippen molar-refractivity contribution in [3.8, 4) is 11.5 Å². The van der Waals surface area contributed by atoms with Crippen molar-refractivity contribution < 1.29 is 19.3 Å². The lowest BCUT2D eigenvalue weighted by atomic mass is 9.86. The minimum Gasteiger partial charge on any atom is -0.497 e. The van der Waals surface area contributed by atoms with Gasteiger partial charge in [-0.3, -0.25) is 4.90 Å². The second kappa shape index (κ2) is 10.1. The summed E-state index contributed by atoms with van der Waals surface area (Å²) in [7, 11) is 1.66. The Hall–Kier alpha value is -1.60. The summed E-state index contributed by atoms with van der Waals surface area (Å²) in [5.41, 5.74) is 2.12. The van der Waals surface area contributed by atoms with Crippen LogP contribution in [-0.4, -0.2) is 56.1 Å². The van der Waals surface area contributed by atoms with Gasteiger partial charge < -0.3 is 19.3 Å². The molecular weight excluding hydrogens is 446 g/mol. The van der Waals surface area contributed by atoms with E-state index in [0.29, 0.717) is 13.2 Å². The lowest BCUT2D eigenvalue weighted by molar-refractivity contribution is -0.0460. The van der Waals surface area contributed by atoms with Crippen molar-refractivity contribution in [1.29, 1.82) is 0 Å². The molecule has 2 aromatic carbocycles. The van der Waals surface area contributed by atoms with Crippen molar-refractivity contribution in [3.05, 3.63) is 58.1 Å². The minimum absolute atomic E-state index is 0.0125. The molecule has 0 bridgehead atoms. The highest BCUT2D eigenvalue weighted by Crippen LogP contribution is 2.34. The summed E-state index contributed by atoms with van der Waals surface area (Å²) < 4.78 is 18.4. The van der Waals surface area contributed by atoms with E-state index in [1.807, 2.05) is 30.3 Å². The summed E-state index contributed by atoms with van der Waals surface area (Å²) in [5.74, 6) is 1.59. The number of benzene rings is 2. The van der Waals surface area contributed by atoms with Crippen LogP contribution in [0.2, 0.25) is 0 Å².